The highest BCUT2D eigenvalue weighted by Gasteiger charge is 2.12. The maximum absolute atomic E-state index is 11.1. The third-order valence-corrected chi connectivity index (χ3v) is 2.62. The van der Waals surface area contributed by atoms with Crippen molar-refractivity contribution in [1.29, 1.82) is 0 Å². The van der Waals surface area contributed by atoms with E-state index in [1.165, 1.54) is 26.2 Å². The molecule has 0 aliphatic heterocycles. The van der Waals surface area contributed by atoms with Crippen molar-refractivity contribution in [3.8, 4) is 11.5 Å². The van der Waals surface area contributed by atoms with Crippen LogP contribution in [-0.2, 0) is 4.79 Å². The third kappa shape index (κ3) is 2.65. The SMILES string of the molecule is COc1ccc2cc(C(=O)O)cc(OC(C)=O)c2c1. The van der Waals surface area contributed by atoms with Crippen LogP contribution in [0.2, 0.25) is 0 Å². The fourth-order valence-corrected chi connectivity index (χ4v) is 1.79. The van der Waals surface area contributed by atoms with E-state index < -0.39 is 11.9 Å². The van der Waals surface area contributed by atoms with Gasteiger partial charge in [0.15, 0.2) is 0 Å². The predicted octanol–water partition coefficient (Wildman–Crippen LogP) is 2.47. The lowest BCUT2D eigenvalue weighted by Gasteiger charge is -2.09. The summed E-state index contributed by atoms with van der Waals surface area (Å²) in [7, 11) is 1.53. The summed E-state index contributed by atoms with van der Waals surface area (Å²) in [4.78, 5) is 22.1. The molecule has 0 saturated heterocycles. The normalized spacial score (nSPS) is 10.2. The van der Waals surface area contributed by atoms with Crippen molar-refractivity contribution in [2.75, 3.05) is 7.11 Å². The average Bonchev–Trinajstić information content (AvgIpc) is 2.37. The molecule has 5 nitrogen and oxygen atoms in total. The first kappa shape index (κ1) is 12.9. The number of rotatable bonds is 3. The molecule has 0 aromatic heterocycles. The van der Waals surface area contributed by atoms with Crippen molar-refractivity contribution < 1.29 is 24.2 Å². The number of hydrogen-bond donors (Lipinski definition) is 1. The first-order chi connectivity index (χ1) is 9.01. The first-order valence-corrected chi connectivity index (χ1v) is 5.55. The van der Waals surface area contributed by atoms with Gasteiger partial charge in [-0.15, -0.1) is 0 Å². The molecule has 1 N–H and O–H groups in total. The molecule has 0 bridgehead atoms. The molecule has 0 heterocycles. The Kier molecular flexibility index (Phi) is 3.37. The Morgan fingerprint density at radius 2 is 1.89 bits per heavy atom. The van der Waals surface area contributed by atoms with Crippen LogP contribution in [0.4, 0.5) is 0 Å². The van der Waals surface area contributed by atoms with Gasteiger partial charge in [-0.3, -0.25) is 4.79 Å². The number of carboxylic acid groups (broad SMARTS) is 1. The van der Waals surface area contributed by atoms with Crippen LogP contribution >= 0.6 is 0 Å². The topological polar surface area (TPSA) is 72.8 Å². The molecular weight excluding hydrogens is 248 g/mol. The van der Waals surface area contributed by atoms with Crippen LogP contribution in [0, 0.1) is 0 Å². The molecule has 98 valence electrons. The number of aromatic carboxylic acids is 1. The quantitative estimate of drug-likeness (QED) is 0.678. The standard InChI is InChI=1S/C14H12O5/c1-8(15)19-13-6-10(14(16)17)5-9-3-4-11(18-2)7-12(9)13/h3-7H,1-2H3,(H,16,17). The van der Waals surface area contributed by atoms with E-state index >= 15 is 0 Å². The number of carbonyl (C=O) groups excluding carboxylic acids is 1. The van der Waals surface area contributed by atoms with Gasteiger partial charge in [0.2, 0.25) is 0 Å². The van der Waals surface area contributed by atoms with E-state index in [1.807, 2.05) is 0 Å². The second-order valence-electron chi connectivity index (χ2n) is 3.96. The molecule has 0 aliphatic rings. The highest BCUT2D eigenvalue weighted by Crippen LogP contribution is 2.31. The van der Waals surface area contributed by atoms with Gasteiger partial charge in [0, 0.05) is 12.3 Å². The average molecular weight is 260 g/mol. The monoisotopic (exact) mass is 260 g/mol. The van der Waals surface area contributed by atoms with Crippen LogP contribution in [0.15, 0.2) is 30.3 Å². The van der Waals surface area contributed by atoms with Gasteiger partial charge in [-0.05, 0) is 29.7 Å². The highest BCUT2D eigenvalue weighted by atomic mass is 16.5. The zero-order valence-corrected chi connectivity index (χ0v) is 10.5. The molecule has 0 saturated carbocycles. The van der Waals surface area contributed by atoms with Crippen LogP contribution in [-0.4, -0.2) is 24.2 Å². The number of carbonyl (C=O) groups is 2. The van der Waals surface area contributed by atoms with Crippen molar-refractivity contribution in [2.45, 2.75) is 6.92 Å². The van der Waals surface area contributed by atoms with Gasteiger partial charge in [-0.25, -0.2) is 4.79 Å². The van der Waals surface area contributed by atoms with Crippen LogP contribution in [0.5, 0.6) is 11.5 Å². The van der Waals surface area contributed by atoms with E-state index in [0.29, 0.717) is 16.5 Å². The Labute approximate surface area is 109 Å². The summed E-state index contributed by atoms with van der Waals surface area (Å²) >= 11 is 0. The molecule has 0 unspecified atom stereocenters. The Balaban J connectivity index is 2.70. The summed E-state index contributed by atoms with van der Waals surface area (Å²) in [5.74, 6) is -0.775. The molecule has 5 heteroatoms. The third-order valence-electron chi connectivity index (χ3n) is 2.62. The second kappa shape index (κ2) is 4.97. The first-order valence-electron chi connectivity index (χ1n) is 5.55. The van der Waals surface area contributed by atoms with Crippen molar-refractivity contribution in [3.05, 3.63) is 35.9 Å². The summed E-state index contributed by atoms with van der Waals surface area (Å²) < 4.78 is 10.2. The number of esters is 1. The van der Waals surface area contributed by atoms with Crippen molar-refractivity contribution in [1.82, 2.24) is 0 Å². The Hall–Kier alpha value is -2.56. The van der Waals surface area contributed by atoms with Crippen molar-refractivity contribution in [3.63, 3.8) is 0 Å². The van der Waals surface area contributed by atoms with E-state index in [4.69, 9.17) is 14.6 Å². The number of hydrogen-bond acceptors (Lipinski definition) is 4. The van der Waals surface area contributed by atoms with Crippen LogP contribution in [0.1, 0.15) is 17.3 Å². The smallest absolute Gasteiger partial charge is 0.335 e. The lowest BCUT2D eigenvalue weighted by Crippen LogP contribution is -2.04. The summed E-state index contributed by atoms with van der Waals surface area (Å²) in [5, 5.41) is 10.3. The Morgan fingerprint density at radius 3 is 2.47 bits per heavy atom. The van der Waals surface area contributed by atoms with Gasteiger partial charge >= 0.3 is 11.9 Å². The molecule has 0 amide bonds. The van der Waals surface area contributed by atoms with Crippen LogP contribution < -0.4 is 9.47 Å². The molecule has 2 aromatic carbocycles. The van der Waals surface area contributed by atoms with Gasteiger partial charge in [-0.2, -0.15) is 0 Å². The van der Waals surface area contributed by atoms with E-state index in [0.717, 1.165) is 0 Å². The molecule has 2 aromatic rings. The minimum Gasteiger partial charge on any atom is -0.497 e. The lowest BCUT2D eigenvalue weighted by atomic mass is 10.1. The van der Waals surface area contributed by atoms with Crippen LogP contribution in [0.25, 0.3) is 10.8 Å². The number of ether oxygens (including phenoxy) is 2. The largest absolute Gasteiger partial charge is 0.497 e. The molecule has 0 atom stereocenters. The molecule has 0 fully saturated rings. The fourth-order valence-electron chi connectivity index (χ4n) is 1.79. The number of methoxy groups -OCH3 is 1. The van der Waals surface area contributed by atoms with E-state index in [1.54, 1.807) is 18.2 Å². The number of carboxylic acids is 1. The Morgan fingerprint density at radius 1 is 1.16 bits per heavy atom. The van der Waals surface area contributed by atoms with E-state index in [-0.39, 0.29) is 11.3 Å². The maximum atomic E-state index is 11.1. The highest BCUT2D eigenvalue weighted by molar-refractivity contribution is 5.98. The summed E-state index contributed by atoms with van der Waals surface area (Å²) in [6, 6.07) is 7.97. The van der Waals surface area contributed by atoms with Crippen LogP contribution in [0.3, 0.4) is 0 Å². The number of fused-ring (bicyclic) bond motifs is 1. The van der Waals surface area contributed by atoms with E-state index in [2.05, 4.69) is 0 Å². The van der Waals surface area contributed by atoms with Gasteiger partial charge in [-0.1, -0.05) is 6.07 Å². The Bertz CT molecular complexity index is 660. The van der Waals surface area contributed by atoms with Gasteiger partial charge < -0.3 is 14.6 Å². The number of benzene rings is 2. The zero-order chi connectivity index (χ0) is 14.0. The molecule has 2 rings (SSSR count). The lowest BCUT2D eigenvalue weighted by molar-refractivity contribution is -0.131. The molecule has 19 heavy (non-hydrogen) atoms. The second-order valence-corrected chi connectivity index (χ2v) is 3.96. The summed E-state index contributed by atoms with van der Waals surface area (Å²) in [6.07, 6.45) is 0. The molecule has 0 radical (unpaired) electrons. The summed E-state index contributed by atoms with van der Waals surface area (Å²) in [6.45, 7) is 1.26. The van der Waals surface area contributed by atoms with Gasteiger partial charge in [0.25, 0.3) is 0 Å². The zero-order valence-electron chi connectivity index (χ0n) is 10.5. The van der Waals surface area contributed by atoms with Gasteiger partial charge in [0.05, 0.1) is 12.7 Å². The predicted molar refractivity (Wildman–Crippen MR) is 68.8 cm³/mol. The summed E-state index contributed by atoms with van der Waals surface area (Å²) in [5.41, 5.74) is 0.0638. The van der Waals surface area contributed by atoms with Gasteiger partial charge in [0.1, 0.15) is 11.5 Å². The molecular formula is C14H12O5. The maximum Gasteiger partial charge on any atom is 0.335 e. The minimum absolute atomic E-state index is 0.0638. The molecule has 0 spiro atoms. The minimum atomic E-state index is -1.08. The fraction of sp³-hybridized carbons (Fsp3) is 0.143. The molecule has 0 aliphatic carbocycles. The van der Waals surface area contributed by atoms with Crippen molar-refractivity contribution >= 4 is 22.7 Å². The van der Waals surface area contributed by atoms with Crippen molar-refractivity contribution in [2.24, 2.45) is 0 Å². The van der Waals surface area contributed by atoms with E-state index in [9.17, 15) is 9.59 Å².